The van der Waals surface area contributed by atoms with Crippen LogP contribution in [0.2, 0.25) is 0 Å². The number of ether oxygens (including phenoxy) is 1. The van der Waals surface area contributed by atoms with E-state index in [0.717, 1.165) is 44.0 Å². The van der Waals surface area contributed by atoms with Crippen LogP contribution in [-0.2, 0) is 16.2 Å². The SMILES string of the molecule is COc1ccc(/C=N\OCC(=O)N2CCN(Cc3ccccc3C)CC2)cc1. The summed E-state index contributed by atoms with van der Waals surface area (Å²) >= 11 is 0. The van der Waals surface area contributed by atoms with Crippen molar-refractivity contribution in [1.29, 1.82) is 0 Å². The lowest BCUT2D eigenvalue weighted by molar-refractivity contribution is -0.137. The van der Waals surface area contributed by atoms with E-state index in [-0.39, 0.29) is 12.5 Å². The topological polar surface area (TPSA) is 54.4 Å². The van der Waals surface area contributed by atoms with E-state index >= 15 is 0 Å². The van der Waals surface area contributed by atoms with Crippen molar-refractivity contribution in [3.05, 3.63) is 65.2 Å². The van der Waals surface area contributed by atoms with Gasteiger partial charge in [0, 0.05) is 32.7 Å². The Morgan fingerprint density at radius 2 is 1.79 bits per heavy atom. The quantitative estimate of drug-likeness (QED) is 0.547. The highest BCUT2D eigenvalue weighted by Gasteiger charge is 2.21. The molecule has 28 heavy (non-hydrogen) atoms. The number of piperazine rings is 1. The zero-order valence-corrected chi connectivity index (χ0v) is 16.5. The Balaban J connectivity index is 1.39. The normalized spacial score (nSPS) is 15.0. The second kappa shape index (κ2) is 9.90. The van der Waals surface area contributed by atoms with Crippen LogP contribution in [0.3, 0.4) is 0 Å². The van der Waals surface area contributed by atoms with E-state index in [0.29, 0.717) is 0 Å². The molecule has 0 radical (unpaired) electrons. The third kappa shape index (κ3) is 5.57. The van der Waals surface area contributed by atoms with Crippen molar-refractivity contribution in [3.63, 3.8) is 0 Å². The molecule has 0 aromatic heterocycles. The largest absolute Gasteiger partial charge is 0.497 e. The van der Waals surface area contributed by atoms with Gasteiger partial charge in [0.05, 0.1) is 13.3 Å². The number of benzene rings is 2. The van der Waals surface area contributed by atoms with Crippen LogP contribution in [0.25, 0.3) is 0 Å². The number of aryl methyl sites for hydroxylation is 1. The van der Waals surface area contributed by atoms with Gasteiger partial charge in [-0.3, -0.25) is 9.69 Å². The van der Waals surface area contributed by atoms with E-state index in [9.17, 15) is 4.79 Å². The van der Waals surface area contributed by atoms with Crippen molar-refractivity contribution in [1.82, 2.24) is 9.80 Å². The molecule has 148 valence electrons. The Labute approximate surface area is 166 Å². The number of methoxy groups -OCH3 is 1. The molecular weight excluding hydrogens is 354 g/mol. The fraction of sp³-hybridized carbons (Fsp3) is 0.364. The first-order chi connectivity index (χ1) is 13.7. The minimum absolute atomic E-state index is 0.0255. The molecule has 1 aliphatic rings. The fourth-order valence-corrected chi connectivity index (χ4v) is 3.16. The van der Waals surface area contributed by atoms with E-state index < -0.39 is 0 Å². The number of carbonyl (C=O) groups is 1. The fourth-order valence-electron chi connectivity index (χ4n) is 3.16. The Hall–Kier alpha value is -2.86. The smallest absolute Gasteiger partial charge is 0.263 e. The summed E-state index contributed by atoms with van der Waals surface area (Å²) in [6, 6.07) is 15.9. The third-order valence-corrected chi connectivity index (χ3v) is 4.96. The third-order valence-electron chi connectivity index (χ3n) is 4.96. The van der Waals surface area contributed by atoms with E-state index in [1.165, 1.54) is 11.1 Å². The van der Waals surface area contributed by atoms with Gasteiger partial charge in [0.2, 0.25) is 0 Å². The summed E-state index contributed by atoms with van der Waals surface area (Å²) in [6.45, 7) is 6.21. The molecule has 0 atom stereocenters. The van der Waals surface area contributed by atoms with Crippen LogP contribution in [0.15, 0.2) is 53.7 Å². The van der Waals surface area contributed by atoms with E-state index in [2.05, 4.69) is 41.2 Å². The van der Waals surface area contributed by atoms with Crippen LogP contribution < -0.4 is 4.74 Å². The summed E-state index contributed by atoms with van der Waals surface area (Å²) in [7, 11) is 1.63. The molecule has 1 fully saturated rings. The highest BCUT2D eigenvalue weighted by Crippen LogP contribution is 2.13. The van der Waals surface area contributed by atoms with Crippen molar-refractivity contribution in [2.24, 2.45) is 5.16 Å². The van der Waals surface area contributed by atoms with Crippen LogP contribution in [-0.4, -0.2) is 61.8 Å². The zero-order valence-electron chi connectivity index (χ0n) is 16.5. The molecule has 0 spiro atoms. The molecule has 2 aromatic carbocycles. The van der Waals surface area contributed by atoms with Crippen molar-refractivity contribution < 1.29 is 14.4 Å². The van der Waals surface area contributed by atoms with Crippen LogP contribution in [0.5, 0.6) is 5.75 Å². The molecule has 0 saturated carbocycles. The number of oxime groups is 1. The first-order valence-corrected chi connectivity index (χ1v) is 9.50. The maximum Gasteiger partial charge on any atom is 0.263 e. The average molecular weight is 381 g/mol. The Bertz CT molecular complexity index is 797. The molecule has 0 N–H and O–H groups in total. The molecule has 2 aromatic rings. The maximum absolute atomic E-state index is 12.3. The van der Waals surface area contributed by atoms with Crippen LogP contribution in [0.1, 0.15) is 16.7 Å². The van der Waals surface area contributed by atoms with Crippen molar-refractivity contribution >= 4 is 12.1 Å². The lowest BCUT2D eigenvalue weighted by Gasteiger charge is -2.34. The molecule has 1 saturated heterocycles. The number of carbonyl (C=O) groups excluding carboxylic acids is 1. The first kappa shape index (κ1) is 19.9. The molecule has 1 aliphatic heterocycles. The zero-order chi connectivity index (χ0) is 19.8. The Morgan fingerprint density at radius 3 is 2.46 bits per heavy atom. The van der Waals surface area contributed by atoms with Crippen LogP contribution in [0, 0.1) is 6.92 Å². The Kier molecular flexibility index (Phi) is 7.03. The summed E-state index contributed by atoms with van der Waals surface area (Å²) in [5, 5.41) is 3.89. The highest BCUT2D eigenvalue weighted by molar-refractivity contribution is 5.80. The van der Waals surface area contributed by atoms with E-state index in [4.69, 9.17) is 9.57 Å². The number of nitrogens with zero attached hydrogens (tertiary/aromatic N) is 3. The first-order valence-electron chi connectivity index (χ1n) is 9.50. The van der Waals surface area contributed by atoms with Crippen molar-refractivity contribution in [3.8, 4) is 5.75 Å². The number of hydrogen-bond acceptors (Lipinski definition) is 5. The van der Waals surface area contributed by atoms with Gasteiger partial charge in [0.15, 0.2) is 6.61 Å². The summed E-state index contributed by atoms with van der Waals surface area (Å²) in [6.07, 6.45) is 1.59. The standard InChI is InChI=1S/C22H27N3O3/c1-18-5-3-4-6-20(18)16-24-11-13-25(14-12-24)22(26)17-28-23-15-19-7-9-21(27-2)10-8-19/h3-10,15H,11-14,16-17H2,1-2H3/b23-15-. The van der Waals surface area contributed by atoms with Gasteiger partial charge in [0.25, 0.3) is 5.91 Å². The van der Waals surface area contributed by atoms with Crippen LogP contribution >= 0.6 is 0 Å². The number of hydrogen-bond donors (Lipinski definition) is 0. The molecule has 3 rings (SSSR count). The average Bonchev–Trinajstić information content (AvgIpc) is 2.73. The predicted molar refractivity (Wildman–Crippen MR) is 110 cm³/mol. The van der Waals surface area contributed by atoms with Gasteiger partial charge in [-0.25, -0.2) is 0 Å². The molecule has 0 unspecified atom stereocenters. The van der Waals surface area contributed by atoms with Gasteiger partial charge in [-0.2, -0.15) is 0 Å². The molecule has 0 aliphatic carbocycles. The maximum atomic E-state index is 12.3. The summed E-state index contributed by atoms with van der Waals surface area (Å²) in [5.74, 6) is 0.761. The summed E-state index contributed by atoms with van der Waals surface area (Å²) < 4.78 is 5.11. The van der Waals surface area contributed by atoms with E-state index in [1.54, 1.807) is 13.3 Å². The lowest BCUT2D eigenvalue weighted by Crippen LogP contribution is -2.49. The minimum Gasteiger partial charge on any atom is -0.497 e. The lowest BCUT2D eigenvalue weighted by atomic mass is 10.1. The van der Waals surface area contributed by atoms with Gasteiger partial charge >= 0.3 is 0 Å². The highest BCUT2D eigenvalue weighted by atomic mass is 16.6. The summed E-state index contributed by atoms with van der Waals surface area (Å²) in [4.78, 5) is 21.7. The molecule has 6 nitrogen and oxygen atoms in total. The minimum atomic E-state index is -0.0373. The molecule has 0 bridgehead atoms. The van der Waals surface area contributed by atoms with Gasteiger partial charge in [0.1, 0.15) is 5.75 Å². The van der Waals surface area contributed by atoms with Gasteiger partial charge in [-0.1, -0.05) is 29.4 Å². The molecule has 1 amide bonds. The molecule has 1 heterocycles. The van der Waals surface area contributed by atoms with Crippen molar-refractivity contribution in [2.75, 3.05) is 39.9 Å². The van der Waals surface area contributed by atoms with Gasteiger partial charge in [-0.15, -0.1) is 0 Å². The monoisotopic (exact) mass is 381 g/mol. The Morgan fingerprint density at radius 1 is 1.07 bits per heavy atom. The van der Waals surface area contributed by atoms with Gasteiger partial charge < -0.3 is 14.5 Å². The van der Waals surface area contributed by atoms with E-state index in [1.807, 2.05) is 29.2 Å². The predicted octanol–water partition coefficient (Wildman–Crippen LogP) is 2.70. The molecule has 6 heteroatoms. The van der Waals surface area contributed by atoms with Crippen LogP contribution in [0.4, 0.5) is 0 Å². The van der Waals surface area contributed by atoms with Gasteiger partial charge in [-0.05, 0) is 47.9 Å². The second-order valence-corrected chi connectivity index (χ2v) is 6.86. The summed E-state index contributed by atoms with van der Waals surface area (Å²) in [5.41, 5.74) is 3.54. The number of rotatable bonds is 7. The number of amides is 1. The second-order valence-electron chi connectivity index (χ2n) is 6.86. The van der Waals surface area contributed by atoms with Crippen molar-refractivity contribution in [2.45, 2.75) is 13.5 Å². The molecular formula is C22H27N3O3.